The third kappa shape index (κ3) is 1.78. The molecule has 23 heavy (non-hydrogen) atoms. The lowest BCUT2D eigenvalue weighted by Crippen LogP contribution is -2.54. The standard InChI is InChI=1S/C19H18BrNO2/c20-11-7-15-12-4-1-3-10(12)9-21-17(15)16(8-11)13-5-2-6-14(13)18(21)19(22)23/h1-2,4-5,7-8,10,12-14,18H,3,6,9H2,(H,22,23)/t10-,12+,13-,14+,18-/m0/s1. The van der Waals surface area contributed by atoms with Gasteiger partial charge >= 0.3 is 5.97 Å². The predicted octanol–water partition coefficient (Wildman–Crippen LogP) is 4.06. The van der Waals surface area contributed by atoms with Gasteiger partial charge in [0.15, 0.2) is 0 Å². The summed E-state index contributed by atoms with van der Waals surface area (Å²) in [5, 5.41) is 9.93. The van der Waals surface area contributed by atoms with E-state index in [2.05, 4.69) is 57.3 Å². The number of fused-ring (bicyclic) bond motifs is 4. The smallest absolute Gasteiger partial charge is 0.326 e. The molecule has 2 aliphatic heterocycles. The topological polar surface area (TPSA) is 40.5 Å². The van der Waals surface area contributed by atoms with Crippen LogP contribution in [0.4, 0.5) is 5.69 Å². The highest BCUT2D eigenvalue weighted by Gasteiger charge is 2.49. The molecule has 1 N–H and O–H groups in total. The third-order valence-electron chi connectivity index (χ3n) is 6.07. The second-order valence-corrected chi connectivity index (χ2v) is 8.09. The summed E-state index contributed by atoms with van der Waals surface area (Å²) in [7, 11) is 0. The largest absolute Gasteiger partial charge is 0.480 e. The maximum absolute atomic E-state index is 12.1. The van der Waals surface area contributed by atoms with Crippen LogP contribution in [0.25, 0.3) is 0 Å². The van der Waals surface area contributed by atoms with Crippen LogP contribution >= 0.6 is 15.9 Å². The fraction of sp³-hybridized carbons (Fsp3) is 0.421. The van der Waals surface area contributed by atoms with Crippen LogP contribution in [-0.4, -0.2) is 23.7 Å². The normalized spacial score (nSPS) is 35.9. The fourth-order valence-corrected chi connectivity index (χ4v) is 5.70. The molecule has 0 amide bonds. The van der Waals surface area contributed by atoms with Gasteiger partial charge in [-0.15, -0.1) is 0 Å². The average molecular weight is 372 g/mol. The van der Waals surface area contributed by atoms with Crippen LogP contribution in [0.15, 0.2) is 40.9 Å². The number of carboxylic acids is 1. The molecule has 4 aliphatic rings. The van der Waals surface area contributed by atoms with E-state index >= 15 is 0 Å². The molecule has 2 aliphatic carbocycles. The van der Waals surface area contributed by atoms with E-state index < -0.39 is 12.0 Å². The summed E-state index contributed by atoms with van der Waals surface area (Å²) in [6.07, 6.45) is 10.9. The number of halogens is 1. The maximum Gasteiger partial charge on any atom is 0.326 e. The number of benzene rings is 1. The first-order valence-corrected chi connectivity index (χ1v) is 9.10. The molecular weight excluding hydrogens is 354 g/mol. The number of carboxylic acid groups (broad SMARTS) is 1. The van der Waals surface area contributed by atoms with Gasteiger partial charge in [0.2, 0.25) is 0 Å². The van der Waals surface area contributed by atoms with Crippen molar-refractivity contribution in [2.45, 2.75) is 30.7 Å². The number of aliphatic carboxylic acids is 1. The number of carbonyl (C=O) groups is 1. The molecule has 0 spiro atoms. The van der Waals surface area contributed by atoms with Gasteiger partial charge in [-0.1, -0.05) is 40.2 Å². The quantitative estimate of drug-likeness (QED) is 0.756. The SMILES string of the molecule is O=C(O)[C@@H]1[C@@H]2CC=C[C@@H]2c2cc(Br)cc3c2N1C[C@@H]1CC=C[C@@H]31. The second kappa shape index (κ2) is 4.73. The number of allylic oxidation sites excluding steroid dienone is 4. The van der Waals surface area contributed by atoms with Gasteiger partial charge < -0.3 is 10.0 Å². The molecule has 0 bridgehead atoms. The highest BCUT2D eigenvalue weighted by molar-refractivity contribution is 9.10. The zero-order chi connectivity index (χ0) is 15.7. The van der Waals surface area contributed by atoms with Gasteiger partial charge in [-0.05, 0) is 42.0 Å². The van der Waals surface area contributed by atoms with E-state index in [4.69, 9.17) is 0 Å². The first kappa shape index (κ1) is 13.8. The second-order valence-electron chi connectivity index (χ2n) is 7.17. The van der Waals surface area contributed by atoms with Gasteiger partial charge in [-0.3, -0.25) is 0 Å². The van der Waals surface area contributed by atoms with E-state index in [1.54, 1.807) is 0 Å². The Labute approximate surface area is 143 Å². The summed E-state index contributed by atoms with van der Waals surface area (Å²) in [4.78, 5) is 14.3. The minimum Gasteiger partial charge on any atom is -0.480 e. The van der Waals surface area contributed by atoms with E-state index in [9.17, 15) is 9.90 Å². The Balaban J connectivity index is 1.78. The average Bonchev–Trinajstić information content (AvgIpc) is 3.15. The molecule has 0 saturated carbocycles. The fourth-order valence-electron chi connectivity index (χ4n) is 5.21. The summed E-state index contributed by atoms with van der Waals surface area (Å²) >= 11 is 3.68. The minimum absolute atomic E-state index is 0.160. The highest BCUT2D eigenvalue weighted by atomic mass is 79.9. The molecule has 118 valence electrons. The zero-order valence-electron chi connectivity index (χ0n) is 12.7. The summed E-state index contributed by atoms with van der Waals surface area (Å²) < 4.78 is 1.11. The summed E-state index contributed by atoms with van der Waals surface area (Å²) in [6.45, 7) is 0.861. The Morgan fingerprint density at radius 2 is 1.83 bits per heavy atom. The Morgan fingerprint density at radius 3 is 2.61 bits per heavy atom. The lowest BCUT2D eigenvalue weighted by Gasteiger charge is -2.49. The van der Waals surface area contributed by atoms with Crippen molar-refractivity contribution in [1.82, 2.24) is 0 Å². The molecule has 0 unspecified atom stereocenters. The minimum atomic E-state index is -0.673. The molecular formula is C19H18BrNO2. The van der Waals surface area contributed by atoms with Crippen molar-refractivity contribution in [3.8, 4) is 0 Å². The zero-order valence-corrected chi connectivity index (χ0v) is 14.2. The van der Waals surface area contributed by atoms with Gasteiger partial charge in [-0.2, -0.15) is 0 Å². The predicted molar refractivity (Wildman–Crippen MR) is 92.9 cm³/mol. The maximum atomic E-state index is 12.1. The molecule has 0 aromatic heterocycles. The Morgan fingerprint density at radius 1 is 1.13 bits per heavy atom. The summed E-state index contributed by atoms with van der Waals surface area (Å²) in [5.74, 6) is 0.674. The van der Waals surface area contributed by atoms with Crippen molar-refractivity contribution in [3.63, 3.8) is 0 Å². The van der Waals surface area contributed by atoms with Gasteiger partial charge in [0.05, 0.1) is 0 Å². The number of hydrogen-bond donors (Lipinski definition) is 1. The molecule has 0 saturated heterocycles. The lowest BCUT2D eigenvalue weighted by atomic mass is 9.72. The van der Waals surface area contributed by atoms with Gasteiger partial charge in [0, 0.05) is 34.5 Å². The molecule has 1 aromatic rings. The summed E-state index contributed by atoms with van der Waals surface area (Å²) in [5.41, 5.74) is 3.81. The van der Waals surface area contributed by atoms with Crippen molar-refractivity contribution in [3.05, 3.63) is 52.0 Å². The van der Waals surface area contributed by atoms with Gasteiger partial charge in [-0.25, -0.2) is 4.79 Å². The number of nitrogens with zero attached hydrogens (tertiary/aromatic N) is 1. The molecule has 3 nitrogen and oxygen atoms in total. The van der Waals surface area contributed by atoms with Crippen LogP contribution in [-0.2, 0) is 4.79 Å². The Kier molecular flexibility index (Phi) is 2.85. The first-order valence-electron chi connectivity index (χ1n) is 8.31. The van der Waals surface area contributed by atoms with Crippen LogP contribution in [0.2, 0.25) is 0 Å². The summed E-state index contributed by atoms with van der Waals surface area (Å²) in [6, 6.07) is 4.01. The molecule has 0 radical (unpaired) electrons. The molecule has 2 heterocycles. The van der Waals surface area contributed by atoms with Gasteiger partial charge in [0.25, 0.3) is 0 Å². The van der Waals surface area contributed by atoms with Crippen molar-refractivity contribution in [1.29, 1.82) is 0 Å². The van der Waals surface area contributed by atoms with E-state index in [1.165, 1.54) is 16.8 Å². The molecule has 5 atom stereocenters. The van der Waals surface area contributed by atoms with Crippen LogP contribution < -0.4 is 4.90 Å². The first-order chi connectivity index (χ1) is 11.1. The van der Waals surface area contributed by atoms with E-state index in [1.807, 2.05) is 0 Å². The van der Waals surface area contributed by atoms with Crippen LogP contribution in [0.1, 0.15) is 35.8 Å². The van der Waals surface area contributed by atoms with Crippen molar-refractivity contribution >= 4 is 27.6 Å². The van der Waals surface area contributed by atoms with E-state index in [0.29, 0.717) is 11.8 Å². The number of rotatable bonds is 1. The van der Waals surface area contributed by atoms with Gasteiger partial charge in [0.1, 0.15) is 6.04 Å². The van der Waals surface area contributed by atoms with E-state index in [-0.39, 0.29) is 11.8 Å². The van der Waals surface area contributed by atoms with Crippen LogP contribution in [0.5, 0.6) is 0 Å². The molecule has 0 fully saturated rings. The van der Waals surface area contributed by atoms with Crippen molar-refractivity contribution < 1.29 is 9.90 Å². The molecule has 1 aromatic carbocycles. The lowest BCUT2D eigenvalue weighted by molar-refractivity contribution is -0.140. The van der Waals surface area contributed by atoms with Crippen molar-refractivity contribution in [2.24, 2.45) is 11.8 Å². The Hall–Kier alpha value is -1.55. The molecule has 4 heteroatoms. The third-order valence-corrected chi connectivity index (χ3v) is 6.53. The van der Waals surface area contributed by atoms with Crippen molar-refractivity contribution in [2.75, 3.05) is 11.4 Å². The number of anilines is 1. The van der Waals surface area contributed by atoms with Crippen LogP contribution in [0, 0.1) is 11.8 Å². The monoisotopic (exact) mass is 371 g/mol. The van der Waals surface area contributed by atoms with Crippen LogP contribution in [0.3, 0.4) is 0 Å². The Bertz CT molecular complexity index is 752. The highest BCUT2D eigenvalue weighted by Crippen LogP contribution is 2.55. The van der Waals surface area contributed by atoms with E-state index in [0.717, 1.165) is 23.9 Å². The molecule has 5 rings (SSSR count). The number of hydrogen-bond acceptors (Lipinski definition) is 2.